The van der Waals surface area contributed by atoms with Crippen LogP contribution >= 0.6 is 22.7 Å². The second-order valence-corrected chi connectivity index (χ2v) is 8.67. The highest BCUT2D eigenvalue weighted by Crippen LogP contribution is 2.38. The zero-order chi connectivity index (χ0) is 19.4. The number of esters is 1. The van der Waals surface area contributed by atoms with Crippen molar-refractivity contribution in [1.82, 2.24) is 4.90 Å². The van der Waals surface area contributed by atoms with Gasteiger partial charge < -0.3 is 10.1 Å². The summed E-state index contributed by atoms with van der Waals surface area (Å²) in [5.74, 6) is -0.598. The Morgan fingerprint density at radius 2 is 2.22 bits per heavy atom. The molecule has 0 fully saturated rings. The summed E-state index contributed by atoms with van der Waals surface area (Å²) >= 11 is 3.05. The second kappa shape index (κ2) is 8.82. The van der Waals surface area contributed by atoms with E-state index in [1.807, 2.05) is 17.5 Å². The minimum atomic E-state index is -0.356. The number of thiophene rings is 2. The summed E-state index contributed by atoms with van der Waals surface area (Å²) in [5, 5.41) is 5.44. The molecule has 0 radical (unpaired) electrons. The van der Waals surface area contributed by atoms with Gasteiger partial charge in [0, 0.05) is 35.0 Å². The van der Waals surface area contributed by atoms with Crippen LogP contribution in [-0.4, -0.2) is 36.0 Å². The first-order valence-corrected chi connectivity index (χ1v) is 10.8. The number of hydrogen-bond acceptors (Lipinski definition) is 6. The Hall–Kier alpha value is -1.96. The standard InChI is InChI=1S/C20H24N2O3S2/c1-4-25-20(24)18-15-9-10-22(13(2)3)12-16(15)27-19(18)21-17(23)8-7-14-6-5-11-26-14/h5-8,11,13H,4,9-10,12H2,1-3H3,(H,21,23). The molecule has 0 saturated heterocycles. The summed E-state index contributed by atoms with van der Waals surface area (Å²) in [5.41, 5.74) is 1.55. The average Bonchev–Trinajstić information content (AvgIpc) is 3.26. The van der Waals surface area contributed by atoms with E-state index in [2.05, 4.69) is 24.1 Å². The van der Waals surface area contributed by atoms with Gasteiger partial charge in [0.15, 0.2) is 0 Å². The van der Waals surface area contributed by atoms with Crippen LogP contribution in [-0.2, 0) is 22.5 Å². The molecule has 0 bridgehead atoms. The molecule has 0 unspecified atom stereocenters. The van der Waals surface area contributed by atoms with E-state index in [-0.39, 0.29) is 11.9 Å². The van der Waals surface area contributed by atoms with Crippen molar-refractivity contribution >= 4 is 45.6 Å². The lowest BCUT2D eigenvalue weighted by Gasteiger charge is -2.30. The molecule has 1 amide bonds. The van der Waals surface area contributed by atoms with Gasteiger partial charge in [0.05, 0.1) is 12.2 Å². The number of anilines is 1. The molecule has 1 N–H and O–H groups in total. The maximum absolute atomic E-state index is 12.5. The third-order valence-electron chi connectivity index (χ3n) is 4.48. The van der Waals surface area contributed by atoms with E-state index in [0.717, 1.165) is 34.8 Å². The van der Waals surface area contributed by atoms with Crippen molar-refractivity contribution in [3.8, 4) is 0 Å². The van der Waals surface area contributed by atoms with Crippen LogP contribution < -0.4 is 5.32 Å². The van der Waals surface area contributed by atoms with E-state index in [4.69, 9.17) is 4.74 Å². The van der Waals surface area contributed by atoms with Gasteiger partial charge in [-0.05, 0) is 50.3 Å². The van der Waals surface area contributed by atoms with Crippen molar-refractivity contribution in [2.75, 3.05) is 18.5 Å². The van der Waals surface area contributed by atoms with Gasteiger partial charge in [0.1, 0.15) is 5.00 Å². The van der Waals surface area contributed by atoms with Crippen molar-refractivity contribution in [3.05, 3.63) is 44.5 Å². The molecule has 3 heterocycles. The van der Waals surface area contributed by atoms with Crippen molar-refractivity contribution in [2.45, 2.75) is 39.8 Å². The maximum Gasteiger partial charge on any atom is 0.341 e. The van der Waals surface area contributed by atoms with E-state index >= 15 is 0 Å². The van der Waals surface area contributed by atoms with Gasteiger partial charge >= 0.3 is 5.97 Å². The van der Waals surface area contributed by atoms with Crippen LogP contribution in [0.1, 0.15) is 46.4 Å². The van der Waals surface area contributed by atoms with E-state index in [1.165, 1.54) is 17.4 Å². The Morgan fingerprint density at radius 1 is 1.41 bits per heavy atom. The van der Waals surface area contributed by atoms with Crippen molar-refractivity contribution in [3.63, 3.8) is 0 Å². The van der Waals surface area contributed by atoms with Crippen molar-refractivity contribution in [1.29, 1.82) is 0 Å². The van der Waals surface area contributed by atoms with Crippen molar-refractivity contribution in [2.24, 2.45) is 0 Å². The van der Waals surface area contributed by atoms with Gasteiger partial charge in [-0.25, -0.2) is 4.79 Å². The molecule has 0 saturated carbocycles. The highest BCUT2D eigenvalue weighted by Gasteiger charge is 2.29. The zero-order valence-electron chi connectivity index (χ0n) is 15.8. The molecule has 1 aliphatic rings. The molecule has 5 nitrogen and oxygen atoms in total. The lowest BCUT2D eigenvalue weighted by Crippen LogP contribution is -2.35. The van der Waals surface area contributed by atoms with E-state index in [9.17, 15) is 9.59 Å². The van der Waals surface area contributed by atoms with Crippen LogP contribution in [0.5, 0.6) is 0 Å². The van der Waals surface area contributed by atoms with Crippen LogP contribution in [0.4, 0.5) is 5.00 Å². The molecule has 3 rings (SSSR count). The molecule has 144 valence electrons. The number of ether oxygens (including phenoxy) is 1. The SMILES string of the molecule is CCOC(=O)c1c(NC(=O)C=Cc2cccs2)sc2c1CCN(C(C)C)C2. The summed E-state index contributed by atoms with van der Waals surface area (Å²) in [4.78, 5) is 29.4. The van der Waals surface area contributed by atoms with E-state index in [1.54, 1.807) is 24.3 Å². The molecular formula is C20H24N2O3S2. The third-order valence-corrected chi connectivity index (χ3v) is 6.44. The van der Waals surface area contributed by atoms with Gasteiger partial charge in [0.25, 0.3) is 0 Å². The fourth-order valence-electron chi connectivity index (χ4n) is 3.07. The largest absolute Gasteiger partial charge is 0.462 e. The highest BCUT2D eigenvalue weighted by molar-refractivity contribution is 7.17. The third kappa shape index (κ3) is 4.66. The highest BCUT2D eigenvalue weighted by atomic mass is 32.1. The number of rotatable bonds is 6. The predicted octanol–water partition coefficient (Wildman–Crippen LogP) is 4.40. The normalized spacial score (nSPS) is 14.5. The first-order chi connectivity index (χ1) is 13.0. The number of nitrogens with one attached hydrogen (secondary N) is 1. The van der Waals surface area contributed by atoms with E-state index in [0.29, 0.717) is 23.2 Å². The Bertz CT molecular complexity index is 838. The molecule has 0 aliphatic carbocycles. The molecule has 0 atom stereocenters. The molecule has 2 aromatic rings. The molecule has 27 heavy (non-hydrogen) atoms. The number of hydrogen-bond donors (Lipinski definition) is 1. The number of fused-ring (bicyclic) bond motifs is 1. The number of amides is 1. The zero-order valence-corrected chi connectivity index (χ0v) is 17.4. The van der Waals surface area contributed by atoms with Crippen LogP contribution in [0.25, 0.3) is 6.08 Å². The Balaban J connectivity index is 1.85. The predicted molar refractivity (Wildman–Crippen MR) is 112 cm³/mol. The Kier molecular flexibility index (Phi) is 6.46. The minimum Gasteiger partial charge on any atom is -0.462 e. The molecule has 0 spiro atoms. The van der Waals surface area contributed by atoms with E-state index < -0.39 is 0 Å². The van der Waals surface area contributed by atoms with Gasteiger partial charge in [-0.15, -0.1) is 22.7 Å². The van der Waals surface area contributed by atoms with Crippen LogP contribution in [0.15, 0.2) is 23.6 Å². The quantitative estimate of drug-likeness (QED) is 0.572. The van der Waals surface area contributed by atoms with Crippen LogP contribution in [0, 0.1) is 0 Å². The van der Waals surface area contributed by atoms with Gasteiger partial charge in [-0.2, -0.15) is 0 Å². The fourth-order valence-corrected chi connectivity index (χ4v) is 4.95. The van der Waals surface area contributed by atoms with Gasteiger partial charge in [-0.1, -0.05) is 6.07 Å². The second-order valence-electron chi connectivity index (χ2n) is 6.58. The average molecular weight is 405 g/mol. The summed E-state index contributed by atoms with van der Waals surface area (Å²) in [6.45, 7) is 8.14. The Labute approximate surface area is 167 Å². The summed E-state index contributed by atoms with van der Waals surface area (Å²) < 4.78 is 5.25. The molecule has 7 heteroatoms. The van der Waals surface area contributed by atoms with Crippen molar-refractivity contribution < 1.29 is 14.3 Å². The number of nitrogens with zero attached hydrogens (tertiary/aromatic N) is 1. The topological polar surface area (TPSA) is 58.6 Å². The molecule has 1 aliphatic heterocycles. The fraction of sp³-hybridized carbons (Fsp3) is 0.400. The molecular weight excluding hydrogens is 380 g/mol. The minimum absolute atomic E-state index is 0.242. The number of carbonyl (C=O) groups is 2. The molecule has 2 aromatic heterocycles. The summed E-state index contributed by atoms with van der Waals surface area (Å²) in [7, 11) is 0. The maximum atomic E-state index is 12.5. The first kappa shape index (κ1) is 19.8. The summed E-state index contributed by atoms with van der Waals surface area (Å²) in [6, 6.07) is 4.33. The van der Waals surface area contributed by atoms with Gasteiger partial charge in [0.2, 0.25) is 5.91 Å². The van der Waals surface area contributed by atoms with Crippen LogP contribution in [0.3, 0.4) is 0 Å². The number of carbonyl (C=O) groups excluding carboxylic acids is 2. The lowest BCUT2D eigenvalue weighted by atomic mass is 10.0. The smallest absolute Gasteiger partial charge is 0.341 e. The molecule has 0 aromatic carbocycles. The lowest BCUT2D eigenvalue weighted by molar-refractivity contribution is -0.111. The monoisotopic (exact) mass is 404 g/mol. The first-order valence-electron chi connectivity index (χ1n) is 9.07. The summed E-state index contributed by atoms with van der Waals surface area (Å²) in [6.07, 6.45) is 4.07. The Morgan fingerprint density at radius 3 is 2.89 bits per heavy atom. The van der Waals surface area contributed by atoms with Gasteiger partial charge in [-0.3, -0.25) is 9.69 Å². The van der Waals surface area contributed by atoms with Crippen LogP contribution in [0.2, 0.25) is 0 Å².